The maximum Gasteiger partial charge on any atom is 0.0993 e. The molecule has 0 aromatic rings. The Hall–Kier alpha value is -0.530. The summed E-state index contributed by atoms with van der Waals surface area (Å²) in [4.78, 5) is 4.44. The van der Waals surface area contributed by atoms with Crippen molar-refractivity contribution in [3.05, 3.63) is 0 Å². The van der Waals surface area contributed by atoms with E-state index in [1.54, 1.807) is 0 Å². The lowest BCUT2D eigenvalue weighted by molar-refractivity contribution is 0.573. The summed E-state index contributed by atoms with van der Waals surface area (Å²) in [5.41, 5.74) is 0. The van der Waals surface area contributed by atoms with Crippen LogP contribution in [-0.2, 0) is 0 Å². The number of hydrogen-bond acceptors (Lipinski definition) is 2. The van der Waals surface area contributed by atoms with E-state index in [0.717, 1.165) is 13.1 Å². The highest BCUT2D eigenvalue weighted by Crippen LogP contribution is 2.12. The standard InChI is InChI=1S/C11H22N2/c1-3-4-5-6-7-10(2)11-12-8-9-13-11/h10H,3-9H2,1-2H3,(H,12,13). The second-order valence-electron chi connectivity index (χ2n) is 3.94. The van der Waals surface area contributed by atoms with Crippen LogP contribution in [0.1, 0.15) is 46.0 Å². The molecule has 13 heavy (non-hydrogen) atoms. The Bertz CT molecular complexity index is 163. The summed E-state index contributed by atoms with van der Waals surface area (Å²) in [6.07, 6.45) is 6.75. The first-order valence-electron chi connectivity index (χ1n) is 5.62. The van der Waals surface area contributed by atoms with Gasteiger partial charge < -0.3 is 5.32 Å². The SMILES string of the molecule is CCCCCCC(C)C1=NCCN1. The van der Waals surface area contributed by atoms with Gasteiger partial charge in [0.05, 0.1) is 12.4 Å². The fraction of sp³-hybridized carbons (Fsp3) is 0.909. The van der Waals surface area contributed by atoms with Crippen molar-refractivity contribution in [2.24, 2.45) is 10.9 Å². The summed E-state index contributed by atoms with van der Waals surface area (Å²) in [6.45, 7) is 6.57. The normalized spacial score (nSPS) is 18.2. The predicted molar refractivity (Wildman–Crippen MR) is 58.2 cm³/mol. The van der Waals surface area contributed by atoms with E-state index in [1.807, 2.05) is 0 Å². The van der Waals surface area contributed by atoms with Crippen LogP contribution in [0.4, 0.5) is 0 Å². The summed E-state index contributed by atoms with van der Waals surface area (Å²) in [5, 5.41) is 3.35. The third-order valence-corrected chi connectivity index (χ3v) is 2.66. The lowest BCUT2D eigenvalue weighted by Crippen LogP contribution is -2.25. The van der Waals surface area contributed by atoms with Crippen LogP contribution >= 0.6 is 0 Å². The molecule has 0 bridgehead atoms. The molecule has 1 N–H and O–H groups in total. The molecule has 1 atom stereocenters. The third kappa shape index (κ3) is 3.79. The average molecular weight is 182 g/mol. The van der Waals surface area contributed by atoms with Crippen molar-refractivity contribution in [3.8, 4) is 0 Å². The summed E-state index contributed by atoms with van der Waals surface area (Å²) in [6, 6.07) is 0. The first kappa shape index (κ1) is 10.6. The highest BCUT2D eigenvalue weighted by molar-refractivity contribution is 5.85. The molecule has 1 unspecified atom stereocenters. The fourth-order valence-electron chi connectivity index (χ4n) is 1.76. The van der Waals surface area contributed by atoms with Crippen molar-refractivity contribution in [1.82, 2.24) is 5.32 Å². The van der Waals surface area contributed by atoms with Gasteiger partial charge in [-0.2, -0.15) is 0 Å². The van der Waals surface area contributed by atoms with E-state index in [0.29, 0.717) is 5.92 Å². The number of rotatable bonds is 6. The molecule has 1 aliphatic heterocycles. The Balaban J connectivity index is 2.06. The minimum Gasteiger partial charge on any atom is -0.372 e. The average Bonchev–Trinajstić information content (AvgIpc) is 2.65. The van der Waals surface area contributed by atoms with Gasteiger partial charge in [-0.05, 0) is 6.42 Å². The topological polar surface area (TPSA) is 24.4 Å². The van der Waals surface area contributed by atoms with Crippen LogP contribution in [-0.4, -0.2) is 18.9 Å². The van der Waals surface area contributed by atoms with Gasteiger partial charge in [-0.15, -0.1) is 0 Å². The van der Waals surface area contributed by atoms with E-state index in [4.69, 9.17) is 0 Å². The van der Waals surface area contributed by atoms with Crippen LogP contribution in [0.15, 0.2) is 4.99 Å². The van der Waals surface area contributed by atoms with E-state index in [2.05, 4.69) is 24.2 Å². The molecule has 0 fully saturated rings. The Kier molecular flexibility index (Phi) is 4.87. The molecule has 0 aromatic carbocycles. The van der Waals surface area contributed by atoms with Crippen LogP contribution in [0.5, 0.6) is 0 Å². The zero-order chi connectivity index (χ0) is 9.52. The van der Waals surface area contributed by atoms with Gasteiger partial charge in [-0.1, -0.05) is 39.5 Å². The number of aliphatic imine (C=N–C) groups is 1. The lowest BCUT2D eigenvalue weighted by atomic mass is 10.0. The molecule has 2 nitrogen and oxygen atoms in total. The van der Waals surface area contributed by atoms with Gasteiger partial charge in [0.2, 0.25) is 0 Å². The smallest absolute Gasteiger partial charge is 0.0993 e. The second kappa shape index (κ2) is 6.01. The van der Waals surface area contributed by atoms with E-state index in [-0.39, 0.29) is 0 Å². The molecule has 0 saturated heterocycles. The van der Waals surface area contributed by atoms with Crippen LogP contribution in [0.3, 0.4) is 0 Å². The molecule has 1 aliphatic rings. The van der Waals surface area contributed by atoms with Crippen molar-refractivity contribution in [2.45, 2.75) is 46.0 Å². The summed E-state index contributed by atoms with van der Waals surface area (Å²) in [5.74, 6) is 1.90. The fourth-order valence-corrected chi connectivity index (χ4v) is 1.76. The molecule has 0 aromatic heterocycles. The highest BCUT2D eigenvalue weighted by atomic mass is 15.1. The number of nitrogens with one attached hydrogen (secondary N) is 1. The Morgan fingerprint density at radius 3 is 2.85 bits per heavy atom. The molecule has 0 amide bonds. The molecule has 0 aliphatic carbocycles. The van der Waals surface area contributed by atoms with Crippen LogP contribution < -0.4 is 5.32 Å². The summed E-state index contributed by atoms with van der Waals surface area (Å²) < 4.78 is 0. The second-order valence-corrected chi connectivity index (χ2v) is 3.94. The third-order valence-electron chi connectivity index (χ3n) is 2.66. The van der Waals surface area contributed by atoms with E-state index >= 15 is 0 Å². The van der Waals surface area contributed by atoms with E-state index in [1.165, 1.54) is 37.9 Å². The molecule has 1 rings (SSSR count). The monoisotopic (exact) mass is 182 g/mol. The first-order valence-corrected chi connectivity index (χ1v) is 5.62. The minimum absolute atomic E-state index is 0.652. The van der Waals surface area contributed by atoms with E-state index < -0.39 is 0 Å². The van der Waals surface area contributed by atoms with Crippen molar-refractivity contribution < 1.29 is 0 Å². The Morgan fingerprint density at radius 2 is 2.23 bits per heavy atom. The highest BCUT2D eigenvalue weighted by Gasteiger charge is 2.12. The molecule has 0 spiro atoms. The summed E-state index contributed by atoms with van der Waals surface area (Å²) in [7, 11) is 0. The number of hydrogen-bond donors (Lipinski definition) is 1. The zero-order valence-electron chi connectivity index (χ0n) is 8.97. The Morgan fingerprint density at radius 1 is 1.38 bits per heavy atom. The quantitative estimate of drug-likeness (QED) is 0.627. The van der Waals surface area contributed by atoms with Gasteiger partial charge in [0.25, 0.3) is 0 Å². The summed E-state index contributed by atoms with van der Waals surface area (Å²) >= 11 is 0. The van der Waals surface area contributed by atoms with Crippen LogP contribution in [0.25, 0.3) is 0 Å². The molecule has 0 radical (unpaired) electrons. The largest absolute Gasteiger partial charge is 0.372 e. The van der Waals surface area contributed by atoms with Crippen molar-refractivity contribution in [1.29, 1.82) is 0 Å². The number of amidine groups is 1. The molecular formula is C11H22N2. The molecule has 1 heterocycles. The van der Waals surface area contributed by atoms with Gasteiger partial charge in [0, 0.05) is 12.5 Å². The van der Waals surface area contributed by atoms with Gasteiger partial charge in [0.1, 0.15) is 0 Å². The minimum atomic E-state index is 0.652. The van der Waals surface area contributed by atoms with Crippen LogP contribution in [0.2, 0.25) is 0 Å². The van der Waals surface area contributed by atoms with Gasteiger partial charge >= 0.3 is 0 Å². The predicted octanol–water partition coefficient (Wildman–Crippen LogP) is 2.59. The van der Waals surface area contributed by atoms with Crippen molar-refractivity contribution in [2.75, 3.05) is 13.1 Å². The van der Waals surface area contributed by atoms with Crippen molar-refractivity contribution >= 4 is 5.84 Å². The van der Waals surface area contributed by atoms with E-state index in [9.17, 15) is 0 Å². The number of nitrogens with zero attached hydrogens (tertiary/aromatic N) is 1. The molecule has 2 heteroatoms. The maximum atomic E-state index is 4.44. The van der Waals surface area contributed by atoms with Gasteiger partial charge in [0.15, 0.2) is 0 Å². The molecule has 76 valence electrons. The van der Waals surface area contributed by atoms with Crippen molar-refractivity contribution in [3.63, 3.8) is 0 Å². The maximum absolute atomic E-state index is 4.44. The molecule has 0 saturated carbocycles. The number of unbranched alkanes of at least 4 members (excludes halogenated alkanes) is 3. The van der Waals surface area contributed by atoms with Gasteiger partial charge in [-0.3, -0.25) is 4.99 Å². The van der Waals surface area contributed by atoms with Crippen LogP contribution in [0, 0.1) is 5.92 Å². The lowest BCUT2D eigenvalue weighted by Gasteiger charge is -2.11. The van der Waals surface area contributed by atoms with Gasteiger partial charge in [-0.25, -0.2) is 0 Å². The zero-order valence-corrected chi connectivity index (χ0v) is 8.97. The Labute approximate surface area is 81.8 Å². The molecular weight excluding hydrogens is 160 g/mol. The first-order chi connectivity index (χ1) is 6.34.